The van der Waals surface area contributed by atoms with E-state index in [2.05, 4.69) is 41.9 Å². The number of hydrogen-bond donors (Lipinski definition) is 4. The first kappa shape index (κ1) is 50.4. The molecule has 0 aliphatic rings. The third-order valence-corrected chi connectivity index (χ3v) is 6.87. The van der Waals surface area contributed by atoms with E-state index in [1.165, 1.54) is 6.07 Å². The van der Waals surface area contributed by atoms with Crippen LogP contribution in [0.4, 0.5) is 34.6 Å². The van der Waals surface area contributed by atoms with E-state index in [0.717, 1.165) is 35.9 Å². The molecule has 0 aliphatic heterocycles. The van der Waals surface area contributed by atoms with Gasteiger partial charge in [-0.2, -0.15) is 37.3 Å². The predicted molar refractivity (Wildman–Crippen MR) is 161 cm³/mol. The van der Waals surface area contributed by atoms with Gasteiger partial charge < -0.3 is 45.2 Å². The van der Waals surface area contributed by atoms with Crippen LogP contribution in [0.1, 0.15) is 26.3 Å². The second-order valence-corrected chi connectivity index (χ2v) is 11.3. The van der Waals surface area contributed by atoms with E-state index in [1.54, 1.807) is 18.2 Å². The van der Waals surface area contributed by atoms with E-state index < -0.39 is 72.3 Å². The van der Waals surface area contributed by atoms with E-state index in [-0.39, 0.29) is 146 Å². The van der Waals surface area contributed by atoms with Crippen LogP contribution in [-0.2, 0) is 20.7 Å². The van der Waals surface area contributed by atoms with Crippen molar-refractivity contribution in [3.05, 3.63) is 83.4 Å². The fourth-order valence-electron chi connectivity index (χ4n) is 4.13. The fraction of sp³-hybridized carbons (Fsp3) is 0.0357. The van der Waals surface area contributed by atoms with Crippen molar-refractivity contribution < 1.29 is 174 Å². The maximum absolute atomic E-state index is 11.9. The van der Waals surface area contributed by atoms with Crippen LogP contribution in [0.2, 0.25) is 0 Å². The monoisotopic (exact) mass is 799 g/mol. The fourth-order valence-corrected chi connectivity index (χ4v) is 4.66. The Hall–Kier alpha value is -2.58. The number of aromatic nitrogens is 3. The Morgan fingerprint density at radius 2 is 1.40 bits per heavy atom. The number of benzene rings is 4. The molecule has 252 valence electrons. The zero-order valence-electron chi connectivity index (χ0n) is 28.3. The van der Waals surface area contributed by atoms with Crippen LogP contribution in [0.3, 0.4) is 0 Å². The normalized spacial score (nSPS) is 10.2. The summed E-state index contributed by atoms with van der Waals surface area (Å²) >= 11 is 0. The van der Waals surface area contributed by atoms with Crippen LogP contribution in [-0.4, -0.2) is 62.7 Å². The standard InChI is InChI=1S/C28H20N7O9S.4Na.O3S/c1-13-3-2-4-17(7-13)34-35-20-6-5-14-11-19(45(42,43)44)12-21(22(14)23(20)36)30-27-31-26(32-28(41)33-27)29-18-9-15(24(37)38)8-16(10-18)25(39)40;;;;;1-4(2)3/h2-5,7-12,36H,1H3,(H,37,38)(H,39,40)(H,42,43,44)(H3,29,30,31,32,33,41);;;;;/q-1;4*+1;/p-3. The molecule has 25 heteroatoms. The minimum Gasteiger partial charge on any atom is -0.744 e. The minimum absolute atomic E-state index is 0. The van der Waals surface area contributed by atoms with Gasteiger partial charge >= 0.3 is 135 Å². The van der Waals surface area contributed by atoms with Gasteiger partial charge in [-0.25, -0.2) is 8.42 Å². The molecule has 1 aromatic heterocycles. The Bertz CT molecular complexity index is 2370. The van der Waals surface area contributed by atoms with Gasteiger partial charge in [0.05, 0.1) is 17.6 Å². The quantitative estimate of drug-likeness (QED) is 0.0465. The smallest absolute Gasteiger partial charge is 0.744 e. The van der Waals surface area contributed by atoms with Gasteiger partial charge in [-0.1, -0.05) is 23.6 Å². The molecule has 0 spiro atoms. The first-order chi connectivity index (χ1) is 23.0. The Morgan fingerprint density at radius 3 is 1.92 bits per heavy atom. The number of phenolic OH excluding ortho intramolecular Hbond substituents is 1. The van der Waals surface area contributed by atoms with Crippen molar-refractivity contribution in [3.63, 3.8) is 0 Å². The number of fused-ring (bicyclic) bond motifs is 1. The number of nitrogens with one attached hydrogen (secondary N) is 2. The molecule has 0 aliphatic carbocycles. The maximum Gasteiger partial charge on any atom is 1.00 e. The molecule has 0 fully saturated rings. The number of carbonyl (C=O) groups is 2. The number of aromatic carboxylic acids is 2. The number of hydrogen-bond acceptors (Lipinski definition) is 19. The number of rotatable bonds is 9. The summed E-state index contributed by atoms with van der Waals surface area (Å²) < 4.78 is 61.1. The summed E-state index contributed by atoms with van der Waals surface area (Å²) in [5, 5.41) is 57.2. The molecule has 19 nitrogen and oxygen atoms in total. The molecule has 0 saturated carbocycles. The van der Waals surface area contributed by atoms with Gasteiger partial charge in [0.1, 0.15) is 10.1 Å². The summed E-state index contributed by atoms with van der Waals surface area (Å²) in [6, 6.07) is 14.9. The van der Waals surface area contributed by atoms with E-state index >= 15 is 0 Å². The molecule has 0 saturated heterocycles. The molecular formula is C28H17N7Na4O12S2. The molecule has 0 radical (unpaired) electrons. The molecular weight excluding hydrogens is 782 g/mol. The number of azo groups is 1. The average molecular weight is 800 g/mol. The van der Waals surface area contributed by atoms with Crippen LogP contribution in [0.15, 0.2) is 75.8 Å². The van der Waals surface area contributed by atoms with E-state index in [0.29, 0.717) is 5.69 Å². The van der Waals surface area contributed by atoms with Gasteiger partial charge in [-0.15, -0.1) is 18.0 Å². The van der Waals surface area contributed by atoms with Crippen molar-refractivity contribution in [3.8, 4) is 11.8 Å². The summed E-state index contributed by atoms with van der Waals surface area (Å²) in [6.07, 6.45) is 0. The molecule has 0 unspecified atom stereocenters. The van der Waals surface area contributed by atoms with Crippen molar-refractivity contribution >= 4 is 78.1 Å². The van der Waals surface area contributed by atoms with Crippen molar-refractivity contribution in [2.75, 3.05) is 10.6 Å². The first-order valence-corrected chi connectivity index (χ1v) is 15.4. The number of nitrogens with zero attached hydrogens (tertiary/aromatic N) is 5. The van der Waals surface area contributed by atoms with E-state index in [9.17, 15) is 43.0 Å². The van der Waals surface area contributed by atoms with E-state index in [1.807, 2.05) is 13.0 Å². The van der Waals surface area contributed by atoms with Gasteiger partial charge in [-0.05, 0) is 60.0 Å². The zero-order valence-corrected chi connectivity index (χ0v) is 37.9. The molecule has 5 aromatic rings. The molecule has 0 amide bonds. The molecule has 53 heavy (non-hydrogen) atoms. The summed E-state index contributed by atoms with van der Waals surface area (Å²) in [5.41, 5.74) is -0.129. The minimum atomic E-state index is -5.01. The van der Waals surface area contributed by atoms with Crippen molar-refractivity contribution in [2.45, 2.75) is 11.8 Å². The Labute approximate surface area is 389 Å². The third-order valence-electron chi connectivity index (χ3n) is 6.05. The van der Waals surface area contributed by atoms with Gasteiger partial charge in [0.15, 0.2) is 0 Å². The summed E-state index contributed by atoms with van der Waals surface area (Å²) in [4.78, 5) is 33.4. The van der Waals surface area contributed by atoms with Gasteiger partial charge in [0.2, 0.25) is 11.9 Å². The van der Waals surface area contributed by atoms with Crippen LogP contribution in [0, 0.1) is 13.0 Å². The van der Waals surface area contributed by atoms with Crippen LogP contribution < -0.4 is 139 Å². The number of aromatic hydroxyl groups is 2. The second kappa shape index (κ2) is 22.1. The predicted octanol–water partition coefficient (Wildman–Crippen LogP) is -10.9. The summed E-state index contributed by atoms with van der Waals surface area (Å²) in [7, 11) is -8.12. The van der Waals surface area contributed by atoms with Crippen LogP contribution in [0.5, 0.6) is 11.8 Å². The second-order valence-electron chi connectivity index (χ2n) is 9.52. The van der Waals surface area contributed by atoms with Gasteiger partial charge in [0.25, 0.3) is 0 Å². The molecule has 5 rings (SSSR count). The average Bonchev–Trinajstić information content (AvgIpc) is 2.99. The van der Waals surface area contributed by atoms with Crippen LogP contribution in [0.25, 0.3) is 10.8 Å². The first-order valence-electron chi connectivity index (χ1n) is 13.0. The molecule has 4 aromatic carbocycles. The summed E-state index contributed by atoms with van der Waals surface area (Å²) in [5.74, 6) is -4.74. The number of carboxylic acid groups (broad SMARTS) is 2. The van der Waals surface area contributed by atoms with Crippen molar-refractivity contribution in [1.29, 1.82) is 0 Å². The summed E-state index contributed by atoms with van der Waals surface area (Å²) in [6.45, 7) is 1.85. The number of aryl methyl sites for hydroxylation is 1. The largest absolute Gasteiger partial charge is 1.00 e. The topological polar surface area (TPSA) is 317 Å². The van der Waals surface area contributed by atoms with Crippen LogP contribution >= 0.6 is 0 Å². The number of anilines is 4. The Morgan fingerprint density at radius 1 is 0.830 bits per heavy atom. The number of carbonyl (C=O) groups excluding carboxylic acids is 2. The molecule has 0 atom stereocenters. The Kier molecular flexibility index (Phi) is 21.0. The SMILES string of the molecule is Cc1cccc(N=Nc2[c-]cc3cc(S(=O)(=O)[O-])cc(Nc4nc(O)nc(Nc5cc(C(=O)[O-])cc(C(=O)[O-])c5)n4)c3c2O)c1.O=S(=O)=O.[Na+].[Na+].[Na+].[Na+]. The maximum atomic E-state index is 11.9. The molecule has 1 heterocycles. The van der Waals surface area contributed by atoms with E-state index in [4.69, 9.17) is 12.6 Å². The zero-order chi connectivity index (χ0) is 36.0. The van der Waals surface area contributed by atoms with Gasteiger partial charge in [0, 0.05) is 27.7 Å². The molecule has 0 bridgehead atoms. The van der Waals surface area contributed by atoms with Gasteiger partial charge in [-0.3, -0.25) is 0 Å². The molecule has 4 N–H and O–H groups in total. The number of phenols is 1. The van der Waals surface area contributed by atoms with Crippen molar-refractivity contribution in [2.24, 2.45) is 10.2 Å². The Balaban J connectivity index is 0.00000322. The van der Waals surface area contributed by atoms with Crippen molar-refractivity contribution in [1.82, 2.24) is 15.0 Å². The third kappa shape index (κ3) is 14.5. The number of carboxylic acids is 2.